The van der Waals surface area contributed by atoms with Crippen molar-refractivity contribution in [1.29, 1.82) is 0 Å². The molecule has 1 saturated carbocycles. The molecule has 106 valence electrons. The highest BCUT2D eigenvalue weighted by molar-refractivity contribution is 6.29. The summed E-state index contributed by atoms with van der Waals surface area (Å²) in [4.78, 5) is 11.3. The van der Waals surface area contributed by atoms with Gasteiger partial charge in [0.1, 0.15) is 16.8 Å². The predicted octanol–water partition coefficient (Wildman–Crippen LogP) is 4.41. The lowest BCUT2D eigenvalue weighted by molar-refractivity contribution is 0.547. The van der Waals surface area contributed by atoms with Gasteiger partial charge >= 0.3 is 0 Å². The minimum atomic E-state index is 0.306. The van der Waals surface area contributed by atoms with Crippen LogP contribution >= 0.6 is 11.6 Å². The molecule has 0 saturated heterocycles. The average molecular weight is 282 g/mol. The van der Waals surface area contributed by atoms with Gasteiger partial charge in [-0.05, 0) is 12.8 Å². The molecule has 4 heteroatoms. The fourth-order valence-electron chi connectivity index (χ4n) is 2.69. The molecule has 2 rings (SSSR count). The molecule has 1 aliphatic carbocycles. The van der Waals surface area contributed by atoms with Crippen LogP contribution in [0.25, 0.3) is 0 Å². The number of anilines is 1. The number of aromatic nitrogens is 2. The van der Waals surface area contributed by atoms with Crippen molar-refractivity contribution in [2.75, 3.05) is 11.9 Å². The minimum Gasteiger partial charge on any atom is -0.357 e. The molecule has 1 aromatic heterocycles. The van der Waals surface area contributed by atoms with Crippen molar-refractivity contribution in [3.63, 3.8) is 0 Å². The van der Waals surface area contributed by atoms with Gasteiger partial charge in [0.2, 0.25) is 0 Å². The highest BCUT2D eigenvalue weighted by Gasteiger charge is 2.19. The quantitative estimate of drug-likeness (QED) is 0.607. The second-order valence-electron chi connectivity index (χ2n) is 5.82. The molecule has 0 unspecified atom stereocenters. The molecule has 0 radical (unpaired) electrons. The SMILES string of the molecule is CC(C)c1nc(Cl)cc(N(C)C2CCCCCC2)n1. The van der Waals surface area contributed by atoms with Gasteiger partial charge in [0, 0.05) is 25.1 Å². The van der Waals surface area contributed by atoms with Crippen LogP contribution < -0.4 is 4.90 Å². The van der Waals surface area contributed by atoms with Gasteiger partial charge in [-0.25, -0.2) is 9.97 Å². The van der Waals surface area contributed by atoms with Crippen LogP contribution in [0.3, 0.4) is 0 Å². The van der Waals surface area contributed by atoms with E-state index in [2.05, 4.69) is 35.8 Å². The molecule has 19 heavy (non-hydrogen) atoms. The summed E-state index contributed by atoms with van der Waals surface area (Å²) in [5.74, 6) is 2.11. The van der Waals surface area contributed by atoms with Crippen LogP contribution in [0.1, 0.15) is 64.1 Å². The first kappa shape index (κ1) is 14.6. The second kappa shape index (κ2) is 6.56. The van der Waals surface area contributed by atoms with Gasteiger partial charge in [-0.2, -0.15) is 0 Å². The van der Waals surface area contributed by atoms with Crippen molar-refractivity contribution in [2.45, 2.75) is 64.3 Å². The van der Waals surface area contributed by atoms with E-state index in [0.29, 0.717) is 17.1 Å². The van der Waals surface area contributed by atoms with E-state index in [1.54, 1.807) is 0 Å². The zero-order chi connectivity index (χ0) is 13.8. The van der Waals surface area contributed by atoms with Gasteiger partial charge in [0.05, 0.1) is 0 Å². The van der Waals surface area contributed by atoms with E-state index in [1.807, 2.05) is 6.07 Å². The molecule has 0 bridgehead atoms. The molecule has 0 N–H and O–H groups in total. The number of hydrogen-bond donors (Lipinski definition) is 0. The lowest BCUT2D eigenvalue weighted by Gasteiger charge is -2.28. The summed E-state index contributed by atoms with van der Waals surface area (Å²) in [6.45, 7) is 4.20. The van der Waals surface area contributed by atoms with Crippen LogP contribution in [-0.4, -0.2) is 23.1 Å². The van der Waals surface area contributed by atoms with Crippen molar-refractivity contribution in [1.82, 2.24) is 9.97 Å². The number of hydrogen-bond acceptors (Lipinski definition) is 3. The highest BCUT2D eigenvalue weighted by Crippen LogP contribution is 2.26. The summed E-state index contributed by atoms with van der Waals surface area (Å²) in [5, 5.41) is 0.550. The van der Waals surface area contributed by atoms with Crippen LogP contribution in [0.4, 0.5) is 5.82 Å². The highest BCUT2D eigenvalue weighted by atomic mass is 35.5. The Balaban J connectivity index is 2.19. The Bertz CT molecular complexity index is 412. The first-order valence-electron chi connectivity index (χ1n) is 7.35. The Labute approximate surface area is 121 Å². The van der Waals surface area contributed by atoms with E-state index in [9.17, 15) is 0 Å². The van der Waals surface area contributed by atoms with Crippen LogP contribution in [0.5, 0.6) is 0 Å². The Morgan fingerprint density at radius 2 is 1.79 bits per heavy atom. The van der Waals surface area contributed by atoms with E-state index in [-0.39, 0.29) is 0 Å². The summed E-state index contributed by atoms with van der Waals surface area (Å²) in [5.41, 5.74) is 0. The van der Waals surface area contributed by atoms with Gasteiger partial charge in [0.25, 0.3) is 0 Å². The van der Waals surface area contributed by atoms with Gasteiger partial charge in [-0.1, -0.05) is 51.1 Å². The molecule has 1 fully saturated rings. The molecule has 1 aromatic rings. The van der Waals surface area contributed by atoms with E-state index in [4.69, 9.17) is 11.6 Å². The molecular weight excluding hydrogens is 258 g/mol. The second-order valence-corrected chi connectivity index (χ2v) is 6.21. The third kappa shape index (κ3) is 3.82. The average Bonchev–Trinajstić information content (AvgIpc) is 2.65. The molecule has 3 nitrogen and oxygen atoms in total. The summed E-state index contributed by atoms with van der Waals surface area (Å²) >= 11 is 6.13. The molecular formula is C15H24ClN3. The summed E-state index contributed by atoms with van der Waals surface area (Å²) in [6, 6.07) is 2.48. The summed E-state index contributed by atoms with van der Waals surface area (Å²) < 4.78 is 0. The Morgan fingerprint density at radius 1 is 1.16 bits per heavy atom. The molecule has 1 heterocycles. The molecule has 0 spiro atoms. The Hall–Kier alpha value is -0.830. The van der Waals surface area contributed by atoms with Crippen LogP contribution in [0.2, 0.25) is 5.15 Å². The lowest BCUT2D eigenvalue weighted by atomic mass is 10.1. The maximum absolute atomic E-state index is 6.13. The van der Waals surface area contributed by atoms with Crippen molar-refractivity contribution in [3.05, 3.63) is 17.0 Å². The van der Waals surface area contributed by atoms with Gasteiger partial charge in [-0.15, -0.1) is 0 Å². The fraction of sp³-hybridized carbons (Fsp3) is 0.733. The fourth-order valence-corrected chi connectivity index (χ4v) is 2.88. The number of rotatable bonds is 3. The summed E-state index contributed by atoms with van der Waals surface area (Å²) in [7, 11) is 2.14. The topological polar surface area (TPSA) is 29.0 Å². The monoisotopic (exact) mass is 281 g/mol. The first-order chi connectivity index (χ1) is 9.08. The van der Waals surface area contributed by atoms with Gasteiger partial charge in [-0.3, -0.25) is 0 Å². The van der Waals surface area contributed by atoms with E-state index < -0.39 is 0 Å². The van der Waals surface area contributed by atoms with Crippen molar-refractivity contribution >= 4 is 17.4 Å². The molecule has 0 aliphatic heterocycles. The Morgan fingerprint density at radius 3 is 2.37 bits per heavy atom. The standard InChI is InChI=1S/C15H24ClN3/c1-11(2)15-17-13(16)10-14(18-15)19(3)12-8-6-4-5-7-9-12/h10-12H,4-9H2,1-3H3. The molecule has 0 amide bonds. The normalized spacial score (nSPS) is 17.5. The van der Waals surface area contributed by atoms with E-state index >= 15 is 0 Å². The van der Waals surface area contributed by atoms with E-state index in [1.165, 1.54) is 38.5 Å². The zero-order valence-corrected chi connectivity index (χ0v) is 13.0. The number of nitrogens with zero attached hydrogens (tertiary/aromatic N) is 3. The summed E-state index contributed by atoms with van der Waals surface area (Å²) in [6.07, 6.45) is 7.90. The largest absolute Gasteiger partial charge is 0.357 e. The predicted molar refractivity (Wildman–Crippen MR) is 81.0 cm³/mol. The molecule has 1 aliphatic rings. The van der Waals surface area contributed by atoms with Crippen molar-refractivity contribution < 1.29 is 0 Å². The third-order valence-corrected chi connectivity index (χ3v) is 4.14. The van der Waals surface area contributed by atoms with E-state index in [0.717, 1.165) is 11.6 Å². The van der Waals surface area contributed by atoms with Crippen LogP contribution in [0.15, 0.2) is 6.07 Å². The van der Waals surface area contributed by atoms with Crippen LogP contribution in [0, 0.1) is 0 Å². The molecule has 0 atom stereocenters. The van der Waals surface area contributed by atoms with Crippen LogP contribution in [-0.2, 0) is 0 Å². The zero-order valence-electron chi connectivity index (χ0n) is 12.2. The third-order valence-electron chi connectivity index (χ3n) is 3.95. The maximum atomic E-state index is 6.13. The first-order valence-corrected chi connectivity index (χ1v) is 7.73. The maximum Gasteiger partial charge on any atom is 0.135 e. The van der Waals surface area contributed by atoms with Gasteiger partial charge in [0.15, 0.2) is 0 Å². The Kier molecular flexibility index (Phi) is 5.03. The van der Waals surface area contributed by atoms with Gasteiger partial charge < -0.3 is 4.90 Å². The minimum absolute atomic E-state index is 0.306. The number of halogens is 1. The molecule has 0 aromatic carbocycles. The van der Waals surface area contributed by atoms with Crippen molar-refractivity contribution in [3.8, 4) is 0 Å². The smallest absolute Gasteiger partial charge is 0.135 e. The van der Waals surface area contributed by atoms with Crippen molar-refractivity contribution in [2.24, 2.45) is 0 Å². The lowest BCUT2D eigenvalue weighted by Crippen LogP contribution is -2.32.